The predicted octanol–water partition coefficient (Wildman–Crippen LogP) is -6.37. The van der Waals surface area contributed by atoms with Gasteiger partial charge in [0.25, 0.3) is 0 Å². The van der Waals surface area contributed by atoms with Crippen molar-refractivity contribution >= 4 is 5.97 Å². The second-order valence-electron chi connectivity index (χ2n) is 4.80. The van der Waals surface area contributed by atoms with Crippen LogP contribution in [0, 0.1) is 6.92 Å². The molecule has 2 heterocycles. The van der Waals surface area contributed by atoms with Crippen molar-refractivity contribution in [3.05, 3.63) is 28.2 Å². The number of pyridine rings is 1. The third-order valence-corrected chi connectivity index (χ3v) is 3.32. The average Bonchev–Trinajstić information content (AvgIpc) is 2.49. The zero-order valence-corrected chi connectivity index (χ0v) is 14.4. The fourth-order valence-corrected chi connectivity index (χ4v) is 2.02. The molecule has 23 heavy (non-hydrogen) atoms. The Labute approximate surface area is 157 Å². The van der Waals surface area contributed by atoms with Crippen LogP contribution in [-0.4, -0.2) is 56.6 Å². The molecule has 0 aromatic carbocycles. The van der Waals surface area contributed by atoms with E-state index in [-0.39, 0.29) is 35.3 Å². The molecule has 1 fully saturated rings. The van der Waals surface area contributed by atoms with Gasteiger partial charge in [0.1, 0.15) is 24.4 Å². The quantitative estimate of drug-likeness (QED) is 0.461. The van der Waals surface area contributed by atoms with Gasteiger partial charge in [-0.1, -0.05) is 0 Å². The molecular formula is C13H16NNaO8. The Bertz CT molecular complexity index is 724. The number of carbonyl (C=O) groups is 1. The van der Waals surface area contributed by atoms with E-state index >= 15 is 0 Å². The molecule has 1 aliphatic rings. The smallest absolute Gasteiger partial charge is 0.547 e. The molecule has 5 atom stereocenters. The number of aliphatic carboxylic acids is 1. The van der Waals surface area contributed by atoms with Crippen LogP contribution in [0.15, 0.2) is 17.1 Å². The van der Waals surface area contributed by atoms with E-state index in [0.717, 1.165) is 16.8 Å². The summed E-state index contributed by atoms with van der Waals surface area (Å²) >= 11 is 0. The van der Waals surface area contributed by atoms with Crippen molar-refractivity contribution in [1.82, 2.24) is 4.57 Å². The molecule has 1 aliphatic heterocycles. The molecule has 0 spiro atoms. The van der Waals surface area contributed by atoms with Crippen molar-refractivity contribution in [1.29, 1.82) is 0 Å². The van der Waals surface area contributed by atoms with Crippen molar-refractivity contribution in [2.45, 2.75) is 37.6 Å². The zero-order valence-electron chi connectivity index (χ0n) is 15.4. The van der Waals surface area contributed by atoms with Crippen molar-refractivity contribution in [2.24, 2.45) is 6.98 Å². The van der Waals surface area contributed by atoms with Crippen LogP contribution in [0.25, 0.3) is 0 Å². The summed E-state index contributed by atoms with van der Waals surface area (Å²) in [7, 11) is 0. The van der Waals surface area contributed by atoms with E-state index in [1.165, 1.54) is 6.92 Å². The van der Waals surface area contributed by atoms with Gasteiger partial charge in [-0.05, 0) is 6.92 Å². The van der Waals surface area contributed by atoms with Gasteiger partial charge in [0.2, 0.25) is 11.7 Å². The van der Waals surface area contributed by atoms with Crippen molar-refractivity contribution in [2.75, 3.05) is 0 Å². The number of aliphatic hydroxyl groups excluding tert-OH is 3. The van der Waals surface area contributed by atoms with E-state index in [0.29, 0.717) is 0 Å². The first kappa shape index (κ1) is 15.6. The van der Waals surface area contributed by atoms with E-state index in [1.54, 1.807) is 0 Å². The van der Waals surface area contributed by atoms with Crippen molar-refractivity contribution < 1.29 is 68.4 Å². The Hall–Kier alpha value is -0.940. The minimum atomic E-state index is -2.62. The molecule has 0 saturated carbocycles. The molecule has 9 nitrogen and oxygen atoms in total. The average molecular weight is 340 g/mol. The van der Waals surface area contributed by atoms with Crippen LogP contribution in [0.1, 0.15) is 9.81 Å². The normalized spacial score (nSPS) is 32.9. The maximum Gasteiger partial charge on any atom is 1.00 e. The largest absolute Gasteiger partial charge is 1.00 e. The summed E-state index contributed by atoms with van der Waals surface area (Å²) in [5.41, 5.74) is -0.881. The van der Waals surface area contributed by atoms with Crippen LogP contribution in [0.5, 0.6) is 5.75 Å². The molecule has 122 valence electrons. The summed E-state index contributed by atoms with van der Waals surface area (Å²) < 4.78 is 32.9. The van der Waals surface area contributed by atoms with Crippen molar-refractivity contribution in [3.8, 4) is 5.75 Å². The Balaban J connectivity index is 0.00000338. The van der Waals surface area contributed by atoms with Gasteiger partial charge >= 0.3 is 29.6 Å². The van der Waals surface area contributed by atoms with Crippen LogP contribution in [0.2, 0.25) is 0 Å². The summed E-state index contributed by atoms with van der Waals surface area (Å²) in [5, 5.41) is 40.1. The van der Waals surface area contributed by atoms with Gasteiger partial charge in [-0.3, -0.25) is 4.79 Å². The number of hydrogen-bond donors (Lipinski definition) is 3. The number of hydrogen-bond acceptors (Lipinski definition) is 8. The number of rotatable bonds is 3. The fraction of sp³-hybridized carbons (Fsp3) is 0.538. The maximum atomic E-state index is 12.0. The summed E-state index contributed by atoms with van der Waals surface area (Å²) in [6.07, 6.45) is -8.66. The standard InChI is InChI=1S/C13H17NO8.Na/c1-5-10(6(15)3-4-14(5)2)21-13-9(18)7(16)8(17)11(22-13)12(19)20;/h3-4,7-9,11,13,16-18H,1-2H3,(H,19,20);/q;+1/p-1/t7-,8-,9+,11-,13+;/m0./s1/i2D3;. The maximum absolute atomic E-state index is 12.0. The number of carboxylic acids is 1. The first-order chi connectivity index (χ1) is 11.4. The van der Waals surface area contributed by atoms with E-state index in [2.05, 4.69) is 0 Å². The third kappa shape index (κ3) is 3.94. The summed E-state index contributed by atoms with van der Waals surface area (Å²) in [6, 6.07) is 0.908. The SMILES string of the molecule is [2H]C([2H])([2H])n1ccc(=O)c(O[C@@H]2O[C@H](C(=O)[O-])[C@@H](O)[C@H](O)[C@H]2O)c1C.[Na+]. The molecule has 0 bridgehead atoms. The molecule has 0 amide bonds. The third-order valence-electron chi connectivity index (χ3n) is 3.32. The number of aliphatic hydroxyl groups is 3. The number of carboxylic acid groups (broad SMARTS) is 1. The van der Waals surface area contributed by atoms with E-state index in [4.69, 9.17) is 13.6 Å². The molecule has 2 rings (SSSR count). The topological polar surface area (TPSA) is 141 Å². The molecule has 0 unspecified atom stereocenters. The van der Waals surface area contributed by atoms with Crippen LogP contribution in [0.4, 0.5) is 0 Å². The van der Waals surface area contributed by atoms with Gasteiger partial charge in [0, 0.05) is 23.4 Å². The Morgan fingerprint density at radius 1 is 1.39 bits per heavy atom. The number of nitrogens with zero attached hydrogens (tertiary/aromatic N) is 1. The first-order valence-corrected chi connectivity index (χ1v) is 6.25. The second kappa shape index (κ2) is 7.75. The van der Waals surface area contributed by atoms with Gasteiger partial charge in [-0.15, -0.1) is 0 Å². The molecule has 1 aromatic rings. The minimum Gasteiger partial charge on any atom is -0.547 e. The summed E-state index contributed by atoms with van der Waals surface area (Å²) in [4.78, 5) is 22.9. The molecule has 10 heteroatoms. The summed E-state index contributed by atoms with van der Waals surface area (Å²) in [5.74, 6) is -2.37. The molecular weight excluding hydrogens is 321 g/mol. The first-order valence-electron chi connectivity index (χ1n) is 7.75. The zero-order chi connectivity index (χ0) is 19.1. The number of aryl methyl sites for hydroxylation is 1. The number of ether oxygens (including phenoxy) is 2. The van der Waals surface area contributed by atoms with E-state index in [9.17, 15) is 30.0 Å². The monoisotopic (exact) mass is 340 g/mol. The van der Waals surface area contributed by atoms with Crippen LogP contribution < -0.4 is 44.8 Å². The Morgan fingerprint density at radius 3 is 2.61 bits per heavy atom. The number of aromatic nitrogens is 1. The minimum absolute atomic E-state index is 0. The van der Waals surface area contributed by atoms with E-state index < -0.39 is 54.8 Å². The van der Waals surface area contributed by atoms with Gasteiger partial charge in [0.15, 0.2) is 5.75 Å². The molecule has 3 N–H and O–H groups in total. The van der Waals surface area contributed by atoms with Gasteiger partial charge < -0.3 is 39.3 Å². The molecule has 1 saturated heterocycles. The fourth-order valence-electron chi connectivity index (χ4n) is 2.02. The van der Waals surface area contributed by atoms with Gasteiger partial charge in [-0.25, -0.2) is 0 Å². The Morgan fingerprint density at radius 2 is 2.04 bits per heavy atom. The molecule has 1 aromatic heterocycles. The Kier molecular flexibility index (Phi) is 5.25. The van der Waals surface area contributed by atoms with Gasteiger partial charge in [-0.2, -0.15) is 0 Å². The number of carbonyl (C=O) groups excluding carboxylic acids is 1. The van der Waals surface area contributed by atoms with Crippen LogP contribution >= 0.6 is 0 Å². The van der Waals surface area contributed by atoms with Crippen LogP contribution in [0.3, 0.4) is 0 Å². The van der Waals surface area contributed by atoms with E-state index in [1.807, 2.05) is 0 Å². The van der Waals surface area contributed by atoms with Crippen LogP contribution in [-0.2, 0) is 16.5 Å². The predicted molar refractivity (Wildman–Crippen MR) is 68.7 cm³/mol. The molecule has 0 radical (unpaired) electrons. The second-order valence-corrected chi connectivity index (χ2v) is 4.80. The molecule has 0 aliphatic carbocycles. The van der Waals surface area contributed by atoms with Gasteiger partial charge in [0.05, 0.1) is 11.7 Å². The summed E-state index contributed by atoms with van der Waals surface area (Å²) in [6.45, 7) is -1.36. The van der Waals surface area contributed by atoms with Crippen molar-refractivity contribution in [3.63, 3.8) is 0 Å².